The lowest BCUT2D eigenvalue weighted by atomic mass is 10.4. The Kier molecular flexibility index (Phi) is 7.01. The number of nitrogens with zero attached hydrogens (tertiary/aromatic N) is 2. The van der Waals surface area contributed by atoms with Crippen LogP contribution in [-0.2, 0) is 16.6 Å². The van der Waals surface area contributed by atoms with E-state index >= 15 is 0 Å². The zero-order valence-electron chi connectivity index (χ0n) is 14.8. The minimum Gasteiger partial charge on any atom is -0.444 e. The number of aliphatic imine (C=N–C) groups is 1. The molecule has 0 spiro atoms. The minimum absolute atomic E-state index is 0.127. The third-order valence-electron chi connectivity index (χ3n) is 3.52. The Balaban J connectivity index is 1.78. The minimum atomic E-state index is -3.60. The molecule has 2 aromatic rings. The fraction of sp³-hybridized carbons (Fsp3) is 0.375. The van der Waals surface area contributed by atoms with Crippen LogP contribution in [0.25, 0.3) is 0 Å². The van der Waals surface area contributed by atoms with Gasteiger partial charge in [-0.25, -0.2) is 18.1 Å². The summed E-state index contributed by atoms with van der Waals surface area (Å²) in [6.07, 6.45) is 0. The molecule has 2 rings (SSSR count). The summed E-state index contributed by atoms with van der Waals surface area (Å²) < 4.78 is 32.3. The Morgan fingerprint density at radius 2 is 2.04 bits per heavy atom. The maximum Gasteiger partial charge on any atom is 0.240 e. The summed E-state index contributed by atoms with van der Waals surface area (Å²) in [4.78, 5) is 8.46. The second-order valence-corrected chi connectivity index (χ2v) is 7.66. The van der Waals surface area contributed by atoms with Crippen LogP contribution < -0.4 is 15.4 Å². The van der Waals surface area contributed by atoms with Gasteiger partial charge < -0.3 is 15.1 Å². The number of nitrogens with one attached hydrogen (secondary N) is 3. The van der Waals surface area contributed by atoms with E-state index in [2.05, 4.69) is 25.3 Å². The third-order valence-corrected chi connectivity index (χ3v) is 5.21. The normalized spacial score (nSPS) is 12.2. The van der Waals surface area contributed by atoms with Gasteiger partial charge in [-0.1, -0.05) is 17.7 Å². The summed E-state index contributed by atoms with van der Waals surface area (Å²) in [5.41, 5.74) is 0.847. The highest BCUT2D eigenvalue weighted by molar-refractivity contribution is 7.89. The Labute approximate surface area is 158 Å². The van der Waals surface area contributed by atoms with Crippen LogP contribution in [0, 0.1) is 13.8 Å². The Morgan fingerprint density at radius 1 is 1.27 bits per heavy atom. The monoisotopic (exact) mass is 399 g/mol. The molecule has 26 heavy (non-hydrogen) atoms. The van der Waals surface area contributed by atoms with Gasteiger partial charge in [0.15, 0.2) is 5.96 Å². The van der Waals surface area contributed by atoms with Crippen LogP contribution in [0.1, 0.15) is 17.3 Å². The number of aryl methyl sites for hydroxylation is 2. The molecule has 0 unspecified atom stereocenters. The van der Waals surface area contributed by atoms with Crippen molar-refractivity contribution >= 4 is 27.6 Å². The quantitative estimate of drug-likeness (QED) is 0.370. The van der Waals surface area contributed by atoms with E-state index < -0.39 is 10.0 Å². The van der Waals surface area contributed by atoms with Crippen LogP contribution in [0.4, 0.5) is 0 Å². The topological polar surface area (TPSA) is 109 Å². The van der Waals surface area contributed by atoms with Crippen LogP contribution in [0.2, 0.25) is 5.02 Å². The van der Waals surface area contributed by atoms with E-state index in [1.165, 1.54) is 12.1 Å². The number of oxazole rings is 1. The van der Waals surface area contributed by atoms with Gasteiger partial charge in [0.25, 0.3) is 0 Å². The number of halogens is 1. The molecule has 0 fully saturated rings. The zero-order valence-corrected chi connectivity index (χ0v) is 16.4. The molecule has 0 amide bonds. The Hall–Kier alpha value is -2.10. The molecule has 142 valence electrons. The Morgan fingerprint density at radius 3 is 2.65 bits per heavy atom. The van der Waals surface area contributed by atoms with Crippen LogP contribution in [0.15, 0.2) is 38.6 Å². The van der Waals surface area contributed by atoms with Gasteiger partial charge in [-0.15, -0.1) is 0 Å². The van der Waals surface area contributed by atoms with Crippen molar-refractivity contribution in [3.8, 4) is 0 Å². The van der Waals surface area contributed by atoms with Crippen molar-refractivity contribution in [2.24, 2.45) is 4.99 Å². The smallest absolute Gasteiger partial charge is 0.240 e. The van der Waals surface area contributed by atoms with Crippen molar-refractivity contribution in [3.05, 3.63) is 46.6 Å². The summed E-state index contributed by atoms with van der Waals surface area (Å²) in [6, 6.07) is 6.10. The summed E-state index contributed by atoms with van der Waals surface area (Å²) in [5.74, 6) is 1.85. The van der Waals surface area contributed by atoms with E-state index in [9.17, 15) is 8.42 Å². The van der Waals surface area contributed by atoms with Crippen molar-refractivity contribution in [1.29, 1.82) is 0 Å². The average molecular weight is 400 g/mol. The van der Waals surface area contributed by atoms with E-state index in [4.69, 9.17) is 16.0 Å². The van der Waals surface area contributed by atoms with Crippen molar-refractivity contribution in [2.75, 3.05) is 20.1 Å². The molecular weight excluding hydrogens is 378 g/mol. The molecule has 8 nitrogen and oxygen atoms in total. The average Bonchev–Trinajstić information content (AvgIpc) is 2.92. The molecule has 1 aromatic heterocycles. The molecule has 1 heterocycles. The number of benzene rings is 1. The van der Waals surface area contributed by atoms with Crippen molar-refractivity contribution in [1.82, 2.24) is 20.3 Å². The third kappa shape index (κ3) is 5.72. The molecule has 0 aliphatic carbocycles. The first-order valence-electron chi connectivity index (χ1n) is 7.94. The van der Waals surface area contributed by atoms with Gasteiger partial charge in [0, 0.05) is 25.2 Å². The summed E-state index contributed by atoms with van der Waals surface area (Å²) in [5, 5.41) is 6.43. The fourth-order valence-corrected chi connectivity index (χ4v) is 3.41. The first-order chi connectivity index (χ1) is 12.3. The van der Waals surface area contributed by atoms with Crippen LogP contribution in [-0.4, -0.2) is 39.5 Å². The number of aromatic nitrogens is 1. The highest BCUT2D eigenvalue weighted by Crippen LogP contribution is 2.14. The van der Waals surface area contributed by atoms with Gasteiger partial charge in [-0.2, -0.15) is 0 Å². The predicted molar refractivity (Wildman–Crippen MR) is 101 cm³/mol. The summed E-state index contributed by atoms with van der Waals surface area (Å²) in [6.45, 7) is 4.64. The van der Waals surface area contributed by atoms with Crippen LogP contribution >= 0.6 is 11.6 Å². The SMILES string of the molecule is CN=C(NCCNS(=O)(=O)c1cccc(Cl)c1)NCc1nc(C)c(C)o1. The largest absolute Gasteiger partial charge is 0.444 e. The maximum absolute atomic E-state index is 12.2. The van der Waals surface area contributed by atoms with Gasteiger partial charge in [0.2, 0.25) is 15.9 Å². The highest BCUT2D eigenvalue weighted by atomic mass is 35.5. The second kappa shape index (κ2) is 9.02. The van der Waals surface area contributed by atoms with Gasteiger partial charge in [0.05, 0.1) is 17.1 Å². The number of hydrogen-bond acceptors (Lipinski definition) is 5. The van der Waals surface area contributed by atoms with E-state index in [-0.39, 0.29) is 11.4 Å². The second-order valence-electron chi connectivity index (χ2n) is 5.46. The van der Waals surface area contributed by atoms with E-state index in [1.54, 1.807) is 19.2 Å². The molecular formula is C16H22ClN5O3S. The highest BCUT2D eigenvalue weighted by Gasteiger charge is 2.13. The lowest BCUT2D eigenvalue weighted by molar-refractivity contribution is 0.464. The number of rotatable bonds is 7. The molecule has 0 aliphatic rings. The molecule has 10 heteroatoms. The van der Waals surface area contributed by atoms with Crippen LogP contribution in [0.5, 0.6) is 0 Å². The standard InChI is InChI=1S/C16H22ClN5O3S/c1-11-12(2)25-15(22-11)10-20-16(18-3)19-7-8-21-26(23,24)14-6-4-5-13(17)9-14/h4-6,9,21H,7-8,10H2,1-3H3,(H2,18,19,20). The predicted octanol–water partition coefficient (Wildman–Crippen LogP) is 1.59. The maximum atomic E-state index is 12.2. The summed E-state index contributed by atoms with van der Waals surface area (Å²) >= 11 is 5.83. The fourth-order valence-electron chi connectivity index (χ4n) is 2.08. The lowest BCUT2D eigenvalue weighted by Gasteiger charge is -2.11. The van der Waals surface area contributed by atoms with E-state index in [0.717, 1.165) is 11.5 Å². The molecule has 0 saturated heterocycles. The van der Waals surface area contributed by atoms with E-state index in [1.807, 2.05) is 13.8 Å². The van der Waals surface area contributed by atoms with Gasteiger partial charge in [0.1, 0.15) is 5.76 Å². The van der Waals surface area contributed by atoms with Crippen LogP contribution in [0.3, 0.4) is 0 Å². The molecule has 1 aromatic carbocycles. The molecule has 3 N–H and O–H groups in total. The molecule has 0 radical (unpaired) electrons. The zero-order chi connectivity index (χ0) is 19.2. The number of hydrogen-bond donors (Lipinski definition) is 3. The number of sulfonamides is 1. The van der Waals surface area contributed by atoms with E-state index in [0.29, 0.717) is 30.0 Å². The first kappa shape index (κ1) is 20.2. The van der Waals surface area contributed by atoms with Crippen molar-refractivity contribution in [3.63, 3.8) is 0 Å². The van der Waals surface area contributed by atoms with Crippen molar-refractivity contribution in [2.45, 2.75) is 25.3 Å². The molecule has 0 aliphatic heterocycles. The van der Waals surface area contributed by atoms with Gasteiger partial charge in [-0.05, 0) is 32.0 Å². The Bertz CT molecular complexity index is 860. The lowest BCUT2D eigenvalue weighted by Crippen LogP contribution is -2.41. The number of guanidine groups is 1. The molecule has 0 atom stereocenters. The van der Waals surface area contributed by atoms with Gasteiger partial charge in [-0.3, -0.25) is 4.99 Å². The molecule has 0 bridgehead atoms. The molecule has 0 saturated carbocycles. The summed E-state index contributed by atoms with van der Waals surface area (Å²) in [7, 11) is -1.98. The van der Waals surface area contributed by atoms with Gasteiger partial charge >= 0.3 is 0 Å². The van der Waals surface area contributed by atoms with Crippen molar-refractivity contribution < 1.29 is 12.8 Å². The first-order valence-corrected chi connectivity index (χ1v) is 9.80.